The van der Waals surface area contributed by atoms with Crippen LogP contribution < -0.4 is 10.1 Å². The summed E-state index contributed by atoms with van der Waals surface area (Å²) in [5.74, 6) is 1.93. The van der Waals surface area contributed by atoms with Crippen molar-refractivity contribution in [2.75, 3.05) is 6.54 Å². The van der Waals surface area contributed by atoms with Crippen LogP contribution in [0.25, 0.3) is 0 Å². The molecule has 0 bridgehead atoms. The first-order valence-corrected chi connectivity index (χ1v) is 7.11. The van der Waals surface area contributed by atoms with Gasteiger partial charge in [0.05, 0.1) is 0 Å². The Bertz CT molecular complexity index is 558. The van der Waals surface area contributed by atoms with Crippen LogP contribution in [0.4, 0.5) is 0 Å². The van der Waals surface area contributed by atoms with Crippen LogP contribution in [-0.4, -0.2) is 11.5 Å². The van der Waals surface area contributed by atoms with Crippen LogP contribution in [0.2, 0.25) is 5.02 Å². The van der Waals surface area contributed by atoms with E-state index in [1.165, 1.54) is 0 Å². The number of rotatable bonds is 6. The van der Waals surface area contributed by atoms with Crippen molar-refractivity contribution >= 4 is 11.6 Å². The third kappa shape index (κ3) is 4.51. The minimum Gasteiger partial charge on any atom is -0.439 e. The van der Waals surface area contributed by atoms with E-state index in [9.17, 15) is 0 Å². The van der Waals surface area contributed by atoms with Crippen LogP contribution in [0.15, 0.2) is 42.6 Å². The zero-order valence-electron chi connectivity index (χ0n) is 11.8. The molecule has 106 valence electrons. The molecule has 0 unspecified atom stereocenters. The van der Waals surface area contributed by atoms with Gasteiger partial charge in [0.25, 0.3) is 0 Å². The monoisotopic (exact) mass is 290 g/mol. The van der Waals surface area contributed by atoms with Crippen LogP contribution >= 0.6 is 11.6 Å². The molecule has 3 nitrogen and oxygen atoms in total. The van der Waals surface area contributed by atoms with Crippen molar-refractivity contribution < 1.29 is 4.74 Å². The van der Waals surface area contributed by atoms with Gasteiger partial charge in [-0.3, -0.25) is 0 Å². The van der Waals surface area contributed by atoms with Crippen molar-refractivity contribution in [1.29, 1.82) is 0 Å². The number of aromatic nitrogens is 1. The van der Waals surface area contributed by atoms with Crippen LogP contribution in [0.3, 0.4) is 0 Å². The van der Waals surface area contributed by atoms with Gasteiger partial charge in [0, 0.05) is 23.3 Å². The summed E-state index contributed by atoms with van der Waals surface area (Å²) in [5, 5.41) is 4.04. The summed E-state index contributed by atoms with van der Waals surface area (Å²) in [6, 6.07) is 11.3. The Kier molecular flexibility index (Phi) is 5.39. The molecule has 0 fully saturated rings. The first-order valence-electron chi connectivity index (χ1n) is 6.73. The van der Waals surface area contributed by atoms with Crippen molar-refractivity contribution in [2.45, 2.75) is 20.4 Å². The summed E-state index contributed by atoms with van der Waals surface area (Å²) >= 11 is 5.96. The van der Waals surface area contributed by atoms with Crippen LogP contribution in [0.5, 0.6) is 11.6 Å². The van der Waals surface area contributed by atoms with Gasteiger partial charge in [0.1, 0.15) is 5.75 Å². The van der Waals surface area contributed by atoms with Gasteiger partial charge >= 0.3 is 0 Å². The minimum atomic E-state index is 0.615. The van der Waals surface area contributed by atoms with E-state index in [0.29, 0.717) is 22.6 Å². The molecule has 1 heterocycles. The molecular formula is C16H19ClN2O. The van der Waals surface area contributed by atoms with Gasteiger partial charge in [-0.25, -0.2) is 4.98 Å². The molecular weight excluding hydrogens is 272 g/mol. The van der Waals surface area contributed by atoms with Gasteiger partial charge in [-0.2, -0.15) is 0 Å². The standard InChI is InChI=1S/C16H19ClN2O/c1-12(2)10-18-11-13-5-4-8-19-16(13)20-15-7-3-6-14(17)9-15/h3-9,12,18H,10-11H2,1-2H3. The molecule has 0 aliphatic heterocycles. The predicted molar refractivity (Wildman–Crippen MR) is 82.3 cm³/mol. The summed E-state index contributed by atoms with van der Waals surface area (Å²) in [6.07, 6.45) is 1.73. The zero-order valence-corrected chi connectivity index (χ0v) is 12.5. The Hall–Kier alpha value is -1.58. The molecule has 0 spiro atoms. The highest BCUT2D eigenvalue weighted by Crippen LogP contribution is 2.25. The summed E-state index contributed by atoms with van der Waals surface area (Å²) in [7, 11) is 0. The summed E-state index contributed by atoms with van der Waals surface area (Å²) in [6.45, 7) is 6.06. The summed E-state index contributed by atoms with van der Waals surface area (Å²) < 4.78 is 5.81. The van der Waals surface area contributed by atoms with Crippen molar-refractivity contribution in [1.82, 2.24) is 10.3 Å². The first-order chi connectivity index (χ1) is 9.65. The fourth-order valence-electron chi connectivity index (χ4n) is 1.79. The summed E-state index contributed by atoms with van der Waals surface area (Å²) in [4.78, 5) is 4.30. The molecule has 0 amide bonds. The summed E-state index contributed by atoms with van der Waals surface area (Å²) in [5.41, 5.74) is 1.04. The van der Waals surface area contributed by atoms with Gasteiger partial charge in [0.15, 0.2) is 0 Å². The van der Waals surface area contributed by atoms with Crippen molar-refractivity contribution in [3.05, 3.63) is 53.2 Å². The largest absolute Gasteiger partial charge is 0.439 e. The van der Waals surface area contributed by atoms with Gasteiger partial charge in [-0.1, -0.05) is 37.6 Å². The fraction of sp³-hybridized carbons (Fsp3) is 0.312. The Morgan fingerprint density at radius 1 is 1.25 bits per heavy atom. The minimum absolute atomic E-state index is 0.615. The molecule has 0 atom stereocenters. The van der Waals surface area contributed by atoms with E-state index >= 15 is 0 Å². The van der Waals surface area contributed by atoms with Gasteiger partial charge in [-0.15, -0.1) is 0 Å². The maximum Gasteiger partial charge on any atom is 0.223 e. The smallest absolute Gasteiger partial charge is 0.223 e. The number of hydrogen-bond donors (Lipinski definition) is 1. The highest BCUT2D eigenvalue weighted by Gasteiger charge is 2.06. The second-order valence-electron chi connectivity index (χ2n) is 5.05. The van der Waals surface area contributed by atoms with Crippen molar-refractivity contribution in [3.8, 4) is 11.6 Å². The predicted octanol–water partition coefficient (Wildman–Crippen LogP) is 4.27. The lowest BCUT2D eigenvalue weighted by molar-refractivity contribution is 0.450. The van der Waals surface area contributed by atoms with E-state index < -0.39 is 0 Å². The molecule has 4 heteroatoms. The average Bonchev–Trinajstić information content (AvgIpc) is 2.40. The van der Waals surface area contributed by atoms with Gasteiger partial charge in [-0.05, 0) is 36.7 Å². The Labute approximate surface area is 124 Å². The number of benzene rings is 1. The van der Waals surface area contributed by atoms with E-state index in [1.807, 2.05) is 30.3 Å². The second kappa shape index (κ2) is 7.27. The third-order valence-electron chi connectivity index (χ3n) is 2.73. The number of pyridine rings is 1. The second-order valence-corrected chi connectivity index (χ2v) is 5.49. The lowest BCUT2D eigenvalue weighted by Gasteiger charge is -2.11. The molecule has 0 radical (unpaired) electrons. The number of nitrogens with one attached hydrogen (secondary N) is 1. The molecule has 0 aliphatic rings. The maximum absolute atomic E-state index is 5.96. The Morgan fingerprint density at radius 2 is 2.10 bits per heavy atom. The van der Waals surface area contributed by atoms with Gasteiger partial charge in [0.2, 0.25) is 5.88 Å². The highest BCUT2D eigenvalue weighted by atomic mass is 35.5. The number of hydrogen-bond acceptors (Lipinski definition) is 3. The topological polar surface area (TPSA) is 34.2 Å². The molecule has 0 saturated heterocycles. The molecule has 0 saturated carbocycles. The molecule has 2 rings (SSSR count). The number of halogens is 1. The lowest BCUT2D eigenvalue weighted by Crippen LogP contribution is -2.19. The van der Waals surface area contributed by atoms with Crippen LogP contribution in [0, 0.1) is 5.92 Å². The molecule has 1 aromatic carbocycles. The van der Waals surface area contributed by atoms with Crippen LogP contribution in [0.1, 0.15) is 19.4 Å². The lowest BCUT2D eigenvalue weighted by atomic mass is 10.2. The van der Waals surface area contributed by atoms with Gasteiger partial charge < -0.3 is 10.1 Å². The maximum atomic E-state index is 5.96. The average molecular weight is 291 g/mol. The molecule has 0 aliphatic carbocycles. The highest BCUT2D eigenvalue weighted by molar-refractivity contribution is 6.30. The van der Waals surface area contributed by atoms with Crippen molar-refractivity contribution in [3.63, 3.8) is 0 Å². The number of nitrogens with zero attached hydrogens (tertiary/aromatic N) is 1. The fourth-order valence-corrected chi connectivity index (χ4v) is 1.97. The van der Waals surface area contributed by atoms with Crippen molar-refractivity contribution in [2.24, 2.45) is 5.92 Å². The number of ether oxygens (including phenoxy) is 1. The van der Waals surface area contributed by atoms with E-state index in [-0.39, 0.29) is 0 Å². The van der Waals surface area contributed by atoms with E-state index in [4.69, 9.17) is 16.3 Å². The Morgan fingerprint density at radius 3 is 2.85 bits per heavy atom. The SMILES string of the molecule is CC(C)CNCc1cccnc1Oc1cccc(Cl)c1. The van der Waals surface area contributed by atoms with E-state index in [0.717, 1.165) is 18.7 Å². The normalized spacial score (nSPS) is 10.8. The molecule has 1 aromatic heterocycles. The molecule has 20 heavy (non-hydrogen) atoms. The van der Waals surface area contributed by atoms with E-state index in [1.54, 1.807) is 12.3 Å². The van der Waals surface area contributed by atoms with E-state index in [2.05, 4.69) is 24.1 Å². The molecule has 2 aromatic rings. The molecule has 1 N–H and O–H groups in total. The first kappa shape index (κ1) is 14.8. The Balaban J connectivity index is 2.07. The third-order valence-corrected chi connectivity index (χ3v) is 2.96. The quantitative estimate of drug-likeness (QED) is 0.862. The zero-order chi connectivity index (χ0) is 14.4. The van der Waals surface area contributed by atoms with Crippen LogP contribution in [-0.2, 0) is 6.54 Å².